The Morgan fingerprint density at radius 2 is 1.57 bits per heavy atom. The van der Waals surface area contributed by atoms with E-state index in [1.807, 2.05) is 0 Å². The first-order valence-corrected chi connectivity index (χ1v) is 5.65. The van der Waals surface area contributed by atoms with Gasteiger partial charge in [-0.05, 0) is 44.1 Å². The van der Waals surface area contributed by atoms with E-state index in [0.717, 1.165) is 5.92 Å². The quantitative estimate of drug-likeness (QED) is 0.580. The maximum absolute atomic E-state index is 4.14. The highest BCUT2D eigenvalue weighted by Gasteiger charge is 2.22. The summed E-state index contributed by atoms with van der Waals surface area (Å²) in [6, 6.07) is 9.05. The molecular formula is C14H19+. The van der Waals surface area contributed by atoms with Crippen LogP contribution in [0.4, 0.5) is 0 Å². The van der Waals surface area contributed by atoms with Crippen LogP contribution in [-0.4, -0.2) is 0 Å². The molecule has 0 nitrogen and oxygen atoms in total. The largest absolute Gasteiger partial charge is 0.0953 e. The van der Waals surface area contributed by atoms with Crippen molar-refractivity contribution in [1.82, 2.24) is 0 Å². The monoisotopic (exact) mass is 187 g/mol. The van der Waals surface area contributed by atoms with Crippen LogP contribution in [0.25, 0.3) is 0 Å². The van der Waals surface area contributed by atoms with Crippen molar-refractivity contribution in [3.63, 3.8) is 0 Å². The van der Waals surface area contributed by atoms with Crippen molar-refractivity contribution >= 4 is 0 Å². The Morgan fingerprint density at radius 1 is 1.00 bits per heavy atom. The van der Waals surface area contributed by atoms with Crippen LogP contribution >= 0.6 is 0 Å². The molecule has 0 bridgehead atoms. The lowest BCUT2D eigenvalue weighted by atomic mass is 9.79. The zero-order valence-electron chi connectivity index (χ0n) is 9.00. The van der Waals surface area contributed by atoms with Crippen LogP contribution in [-0.2, 0) is 0 Å². The van der Waals surface area contributed by atoms with Gasteiger partial charge in [-0.15, -0.1) is 0 Å². The van der Waals surface area contributed by atoms with Crippen LogP contribution in [0.1, 0.15) is 42.7 Å². The zero-order chi connectivity index (χ0) is 9.97. The summed E-state index contributed by atoms with van der Waals surface area (Å²) in [7, 11) is 0. The average molecular weight is 187 g/mol. The molecule has 0 heteroatoms. The lowest BCUT2D eigenvalue weighted by Crippen LogP contribution is -2.10. The summed E-state index contributed by atoms with van der Waals surface area (Å²) in [4.78, 5) is 0. The van der Waals surface area contributed by atoms with Crippen LogP contribution in [0.15, 0.2) is 24.3 Å². The van der Waals surface area contributed by atoms with Crippen molar-refractivity contribution in [2.24, 2.45) is 5.92 Å². The van der Waals surface area contributed by atoms with Gasteiger partial charge in [-0.25, -0.2) is 0 Å². The van der Waals surface area contributed by atoms with Gasteiger partial charge in [0.1, 0.15) is 0 Å². The molecule has 0 heterocycles. The van der Waals surface area contributed by atoms with Crippen molar-refractivity contribution < 1.29 is 0 Å². The van der Waals surface area contributed by atoms with E-state index < -0.39 is 0 Å². The van der Waals surface area contributed by atoms with E-state index in [1.165, 1.54) is 36.8 Å². The van der Waals surface area contributed by atoms with E-state index in [2.05, 4.69) is 38.1 Å². The fraction of sp³-hybridized carbons (Fsp3) is 0.500. The van der Waals surface area contributed by atoms with Crippen molar-refractivity contribution in [1.29, 1.82) is 0 Å². The lowest BCUT2D eigenvalue weighted by molar-refractivity contribution is 0.373. The summed E-state index contributed by atoms with van der Waals surface area (Å²) < 4.78 is 0. The zero-order valence-corrected chi connectivity index (χ0v) is 9.00. The molecule has 1 fully saturated rings. The fourth-order valence-corrected chi connectivity index (χ4v) is 2.33. The van der Waals surface area contributed by atoms with Crippen molar-refractivity contribution in [2.75, 3.05) is 0 Å². The topological polar surface area (TPSA) is 0 Å². The van der Waals surface area contributed by atoms with E-state index in [-0.39, 0.29) is 0 Å². The molecule has 1 aliphatic carbocycles. The standard InChI is InChI=1S/C14H19/c1-11-3-7-13(8-4-11)14-9-5-12(2)6-10-14/h5-6,9-11,13H,1,3-4,7-8H2,2H3/q+1. The summed E-state index contributed by atoms with van der Waals surface area (Å²) in [5, 5.41) is 0. The van der Waals surface area contributed by atoms with Crippen molar-refractivity contribution in [2.45, 2.75) is 38.5 Å². The molecule has 74 valence electrons. The Hall–Kier alpha value is -0.910. The van der Waals surface area contributed by atoms with Gasteiger partial charge in [0.25, 0.3) is 0 Å². The second kappa shape index (κ2) is 4.08. The molecule has 0 spiro atoms. The van der Waals surface area contributed by atoms with Crippen LogP contribution < -0.4 is 0 Å². The molecule has 1 aromatic carbocycles. The molecule has 1 aliphatic rings. The molecular weight excluding hydrogens is 168 g/mol. The van der Waals surface area contributed by atoms with Gasteiger partial charge in [-0.3, -0.25) is 0 Å². The summed E-state index contributed by atoms with van der Waals surface area (Å²) in [6.45, 7) is 6.29. The van der Waals surface area contributed by atoms with Crippen molar-refractivity contribution in [3.05, 3.63) is 42.3 Å². The number of benzene rings is 1. The van der Waals surface area contributed by atoms with Gasteiger partial charge in [-0.1, -0.05) is 29.8 Å². The average Bonchev–Trinajstić information content (AvgIpc) is 2.21. The Labute approximate surface area is 87.3 Å². The van der Waals surface area contributed by atoms with Gasteiger partial charge in [0, 0.05) is 0 Å². The van der Waals surface area contributed by atoms with E-state index in [0.29, 0.717) is 5.92 Å². The van der Waals surface area contributed by atoms with Gasteiger partial charge in [0.05, 0.1) is 12.8 Å². The SMILES string of the molecule is [CH2+]C1CCC(c2ccc(C)cc2)CC1. The molecule has 0 N–H and O–H groups in total. The van der Waals surface area contributed by atoms with Gasteiger partial charge in [0.2, 0.25) is 0 Å². The Balaban J connectivity index is 2.05. The second-order valence-corrected chi connectivity index (χ2v) is 4.63. The Bertz CT molecular complexity index is 275. The second-order valence-electron chi connectivity index (χ2n) is 4.63. The highest BCUT2D eigenvalue weighted by molar-refractivity contribution is 5.24. The summed E-state index contributed by atoms with van der Waals surface area (Å²) in [6.07, 6.45) is 5.27. The number of rotatable bonds is 1. The predicted molar refractivity (Wildman–Crippen MR) is 61.2 cm³/mol. The Kier molecular flexibility index (Phi) is 2.81. The van der Waals surface area contributed by atoms with E-state index >= 15 is 0 Å². The molecule has 1 saturated carbocycles. The van der Waals surface area contributed by atoms with Crippen LogP contribution in [0.5, 0.6) is 0 Å². The molecule has 14 heavy (non-hydrogen) atoms. The molecule has 2 rings (SSSR count). The Morgan fingerprint density at radius 3 is 2.14 bits per heavy atom. The van der Waals surface area contributed by atoms with Gasteiger partial charge in [-0.2, -0.15) is 0 Å². The molecule has 0 aliphatic heterocycles. The third-order valence-corrected chi connectivity index (χ3v) is 3.40. The van der Waals surface area contributed by atoms with E-state index in [4.69, 9.17) is 0 Å². The van der Waals surface area contributed by atoms with Gasteiger partial charge in [0.15, 0.2) is 0 Å². The predicted octanol–water partition coefficient (Wildman–Crippen LogP) is 4.10. The highest BCUT2D eigenvalue weighted by Crippen LogP contribution is 2.35. The molecule has 1 aromatic rings. The van der Waals surface area contributed by atoms with Crippen LogP contribution in [0, 0.1) is 19.8 Å². The van der Waals surface area contributed by atoms with Crippen LogP contribution in [0.2, 0.25) is 0 Å². The summed E-state index contributed by atoms with van der Waals surface area (Å²) >= 11 is 0. The molecule has 0 aromatic heterocycles. The summed E-state index contributed by atoms with van der Waals surface area (Å²) in [5.74, 6) is 1.50. The molecule has 0 atom stereocenters. The maximum Gasteiger partial charge on any atom is 0.0953 e. The minimum Gasteiger partial charge on any atom is -0.0590 e. The highest BCUT2D eigenvalue weighted by atomic mass is 14.2. The normalized spacial score (nSPS) is 27.5. The smallest absolute Gasteiger partial charge is 0.0590 e. The third kappa shape index (κ3) is 2.12. The van der Waals surface area contributed by atoms with Gasteiger partial charge >= 0.3 is 0 Å². The van der Waals surface area contributed by atoms with Crippen LogP contribution in [0.3, 0.4) is 0 Å². The molecule has 0 amide bonds. The number of aryl methyl sites for hydroxylation is 1. The molecule has 0 radical (unpaired) electrons. The minimum absolute atomic E-state index is 0.705. The first kappa shape index (κ1) is 9.64. The molecule has 0 saturated heterocycles. The first-order valence-electron chi connectivity index (χ1n) is 5.65. The van der Waals surface area contributed by atoms with Crippen molar-refractivity contribution in [3.8, 4) is 0 Å². The minimum atomic E-state index is 0.705. The molecule has 0 unspecified atom stereocenters. The maximum atomic E-state index is 4.14. The fourth-order valence-electron chi connectivity index (χ4n) is 2.33. The summed E-state index contributed by atoms with van der Waals surface area (Å²) in [5.41, 5.74) is 2.89. The third-order valence-electron chi connectivity index (χ3n) is 3.40. The number of hydrogen-bond donors (Lipinski definition) is 0. The van der Waals surface area contributed by atoms with E-state index in [1.54, 1.807) is 0 Å². The lowest BCUT2D eigenvalue weighted by Gasteiger charge is -2.23. The van der Waals surface area contributed by atoms with E-state index in [9.17, 15) is 0 Å². The van der Waals surface area contributed by atoms with Gasteiger partial charge < -0.3 is 0 Å². The number of hydrogen-bond acceptors (Lipinski definition) is 0. The first-order chi connectivity index (χ1) is 6.75.